The molecule has 0 aromatic carbocycles. The van der Waals surface area contributed by atoms with Crippen LogP contribution in [0.15, 0.2) is 0 Å². The van der Waals surface area contributed by atoms with E-state index in [4.69, 9.17) is 9.47 Å². The van der Waals surface area contributed by atoms with E-state index in [0.29, 0.717) is 13.2 Å². The lowest BCUT2D eigenvalue weighted by molar-refractivity contribution is -0.147. The number of hydrogen-bond donors (Lipinski definition) is 1. The van der Waals surface area contributed by atoms with Crippen LogP contribution in [0.3, 0.4) is 0 Å². The molecule has 1 saturated heterocycles. The molecule has 1 fully saturated rings. The third-order valence-corrected chi connectivity index (χ3v) is 2.17. The molecule has 14 heavy (non-hydrogen) atoms. The molecule has 1 heterocycles. The second kappa shape index (κ2) is 6.79. The van der Waals surface area contributed by atoms with Crippen LogP contribution >= 0.6 is 0 Å². The number of carbonyl (C=O) groups is 1. The number of carbonyl (C=O) groups excluding carboxylic acids is 1. The maximum Gasteiger partial charge on any atom is 0.323 e. The molecule has 1 rings (SSSR count). The van der Waals surface area contributed by atoms with Crippen LogP contribution in [-0.4, -0.2) is 38.4 Å². The fraction of sp³-hybridized carbons (Fsp3) is 0.900. The van der Waals surface area contributed by atoms with E-state index in [1.165, 1.54) is 0 Å². The minimum atomic E-state index is -0.136. The minimum absolute atomic E-state index is 0.0822. The summed E-state index contributed by atoms with van der Waals surface area (Å²) in [5, 5.41) is 3.09. The Balaban J connectivity index is 1.97. The SMILES string of the molecule is CCCOCCOC(=O)C1CCCN1. The van der Waals surface area contributed by atoms with Gasteiger partial charge in [-0.15, -0.1) is 0 Å². The van der Waals surface area contributed by atoms with Crippen LogP contribution in [0.2, 0.25) is 0 Å². The normalized spacial score (nSPS) is 21.1. The van der Waals surface area contributed by atoms with Crippen molar-refractivity contribution in [3.05, 3.63) is 0 Å². The molecule has 0 saturated carbocycles. The Morgan fingerprint density at radius 3 is 2.93 bits per heavy atom. The first kappa shape index (κ1) is 11.5. The molecule has 0 bridgehead atoms. The van der Waals surface area contributed by atoms with Crippen molar-refractivity contribution in [1.82, 2.24) is 5.32 Å². The van der Waals surface area contributed by atoms with E-state index in [1.54, 1.807) is 0 Å². The van der Waals surface area contributed by atoms with Crippen molar-refractivity contribution < 1.29 is 14.3 Å². The zero-order chi connectivity index (χ0) is 10.2. The van der Waals surface area contributed by atoms with Crippen LogP contribution in [0.1, 0.15) is 26.2 Å². The number of nitrogens with one attached hydrogen (secondary N) is 1. The first-order chi connectivity index (χ1) is 6.84. The molecule has 4 nitrogen and oxygen atoms in total. The van der Waals surface area contributed by atoms with Gasteiger partial charge in [0.2, 0.25) is 0 Å². The topological polar surface area (TPSA) is 47.6 Å². The Labute approximate surface area is 85.0 Å². The zero-order valence-corrected chi connectivity index (χ0v) is 8.75. The van der Waals surface area contributed by atoms with E-state index >= 15 is 0 Å². The Kier molecular flexibility index (Phi) is 5.56. The molecule has 4 heteroatoms. The summed E-state index contributed by atoms with van der Waals surface area (Å²) >= 11 is 0. The van der Waals surface area contributed by atoms with Gasteiger partial charge < -0.3 is 14.8 Å². The summed E-state index contributed by atoms with van der Waals surface area (Å²) in [6, 6.07) is -0.0822. The molecule has 1 atom stereocenters. The Bertz CT molecular complexity index is 167. The van der Waals surface area contributed by atoms with Gasteiger partial charge in [0, 0.05) is 6.61 Å². The van der Waals surface area contributed by atoms with Gasteiger partial charge in [-0.2, -0.15) is 0 Å². The second-order valence-electron chi connectivity index (χ2n) is 3.43. The molecule has 1 N–H and O–H groups in total. The molecule has 1 aliphatic rings. The maximum absolute atomic E-state index is 11.3. The van der Waals surface area contributed by atoms with Crippen molar-refractivity contribution in [2.24, 2.45) is 0 Å². The van der Waals surface area contributed by atoms with Crippen molar-refractivity contribution in [2.75, 3.05) is 26.4 Å². The van der Waals surface area contributed by atoms with Crippen LogP contribution in [0, 0.1) is 0 Å². The standard InChI is InChI=1S/C10H19NO3/c1-2-6-13-7-8-14-10(12)9-4-3-5-11-9/h9,11H,2-8H2,1H3. The molecule has 0 aromatic rings. The second-order valence-corrected chi connectivity index (χ2v) is 3.43. The zero-order valence-electron chi connectivity index (χ0n) is 8.75. The minimum Gasteiger partial charge on any atom is -0.462 e. The fourth-order valence-corrected chi connectivity index (χ4v) is 1.43. The van der Waals surface area contributed by atoms with E-state index < -0.39 is 0 Å². The van der Waals surface area contributed by atoms with Gasteiger partial charge in [0.15, 0.2) is 0 Å². The molecular formula is C10H19NO3. The Morgan fingerprint density at radius 2 is 2.29 bits per heavy atom. The van der Waals surface area contributed by atoms with Gasteiger partial charge >= 0.3 is 5.97 Å². The smallest absolute Gasteiger partial charge is 0.323 e. The lowest BCUT2D eigenvalue weighted by atomic mass is 10.2. The molecule has 0 aliphatic carbocycles. The highest BCUT2D eigenvalue weighted by molar-refractivity contribution is 5.76. The fourth-order valence-electron chi connectivity index (χ4n) is 1.43. The summed E-state index contributed by atoms with van der Waals surface area (Å²) in [4.78, 5) is 11.3. The van der Waals surface area contributed by atoms with Crippen LogP contribution in [0.5, 0.6) is 0 Å². The lowest BCUT2D eigenvalue weighted by Gasteiger charge is -2.10. The number of hydrogen-bond acceptors (Lipinski definition) is 4. The van der Waals surface area contributed by atoms with Gasteiger partial charge in [-0.05, 0) is 25.8 Å². The van der Waals surface area contributed by atoms with Gasteiger partial charge in [-0.3, -0.25) is 4.79 Å². The van der Waals surface area contributed by atoms with E-state index in [1.807, 2.05) is 0 Å². The van der Waals surface area contributed by atoms with Crippen LogP contribution in [0.25, 0.3) is 0 Å². The first-order valence-electron chi connectivity index (χ1n) is 5.32. The highest BCUT2D eigenvalue weighted by atomic mass is 16.6. The number of ether oxygens (including phenoxy) is 2. The van der Waals surface area contributed by atoms with Crippen molar-refractivity contribution >= 4 is 5.97 Å². The molecule has 0 amide bonds. The van der Waals surface area contributed by atoms with Crippen molar-refractivity contribution in [3.8, 4) is 0 Å². The summed E-state index contributed by atoms with van der Waals surface area (Å²) in [5.41, 5.74) is 0. The Morgan fingerprint density at radius 1 is 1.43 bits per heavy atom. The van der Waals surface area contributed by atoms with Gasteiger partial charge in [-0.25, -0.2) is 0 Å². The third kappa shape index (κ3) is 4.07. The van der Waals surface area contributed by atoms with Gasteiger partial charge in [0.25, 0.3) is 0 Å². The predicted octanol–water partition coefficient (Wildman–Crippen LogP) is 0.708. The average molecular weight is 201 g/mol. The first-order valence-corrected chi connectivity index (χ1v) is 5.32. The third-order valence-electron chi connectivity index (χ3n) is 2.17. The Hall–Kier alpha value is -0.610. The molecule has 1 aliphatic heterocycles. The molecule has 0 spiro atoms. The van der Waals surface area contributed by atoms with Gasteiger partial charge in [-0.1, -0.05) is 6.92 Å². The van der Waals surface area contributed by atoms with Gasteiger partial charge in [0.05, 0.1) is 6.61 Å². The van der Waals surface area contributed by atoms with Gasteiger partial charge in [0.1, 0.15) is 12.6 Å². The molecular weight excluding hydrogens is 182 g/mol. The van der Waals surface area contributed by atoms with E-state index in [-0.39, 0.29) is 12.0 Å². The van der Waals surface area contributed by atoms with Crippen LogP contribution in [0.4, 0.5) is 0 Å². The quantitative estimate of drug-likeness (QED) is 0.508. The molecule has 1 unspecified atom stereocenters. The van der Waals surface area contributed by atoms with Crippen molar-refractivity contribution in [1.29, 1.82) is 0 Å². The summed E-state index contributed by atoms with van der Waals surface area (Å²) < 4.78 is 10.2. The molecule has 0 radical (unpaired) electrons. The molecule has 0 aromatic heterocycles. The highest BCUT2D eigenvalue weighted by Gasteiger charge is 2.22. The van der Waals surface area contributed by atoms with E-state index in [9.17, 15) is 4.79 Å². The summed E-state index contributed by atoms with van der Waals surface area (Å²) in [7, 11) is 0. The monoisotopic (exact) mass is 201 g/mol. The molecule has 82 valence electrons. The summed E-state index contributed by atoms with van der Waals surface area (Å²) in [6.45, 7) is 4.59. The summed E-state index contributed by atoms with van der Waals surface area (Å²) in [6.07, 6.45) is 2.96. The predicted molar refractivity (Wildman–Crippen MR) is 53.1 cm³/mol. The number of rotatable bonds is 6. The van der Waals surface area contributed by atoms with Crippen molar-refractivity contribution in [3.63, 3.8) is 0 Å². The average Bonchev–Trinajstić information content (AvgIpc) is 2.70. The number of esters is 1. The van der Waals surface area contributed by atoms with Crippen LogP contribution in [-0.2, 0) is 14.3 Å². The van der Waals surface area contributed by atoms with Crippen molar-refractivity contribution in [2.45, 2.75) is 32.2 Å². The van der Waals surface area contributed by atoms with E-state index in [0.717, 1.165) is 32.4 Å². The summed E-state index contributed by atoms with van der Waals surface area (Å²) in [5.74, 6) is -0.136. The highest BCUT2D eigenvalue weighted by Crippen LogP contribution is 2.06. The van der Waals surface area contributed by atoms with E-state index in [2.05, 4.69) is 12.2 Å². The lowest BCUT2D eigenvalue weighted by Crippen LogP contribution is -2.33. The van der Waals surface area contributed by atoms with Crippen LogP contribution < -0.4 is 5.32 Å². The maximum atomic E-state index is 11.3. The largest absolute Gasteiger partial charge is 0.462 e.